The number of benzene rings is 1. The quantitative estimate of drug-likeness (QED) is 0.336. The topological polar surface area (TPSA) is 67.1 Å². The Morgan fingerprint density at radius 3 is 2.62 bits per heavy atom. The Bertz CT molecular complexity index is 801. The normalized spacial score (nSPS) is 10.9. The molecule has 0 aliphatic heterocycles. The largest absolute Gasteiger partial charge is 0.356 e. The van der Waals surface area contributed by atoms with Gasteiger partial charge in [0.2, 0.25) is 0 Å². The molecule has 2 N–H and O–H groups in total. The van der Waals surface area contributed by atoms with E-state index in [0.29, 0.717) is 6.54 Å². The van der Waals surface area contributed by atoms with Crippen LogP contribution in [0.2, 0.25) is 0 Å². The molecular formula is C19H23IN6. The maximum atomic E-state index is 4.42. The van der Waals surface area contributed by atoms with E-state index < -0.39 is 0 Å². The van der Waals surface area contributed by atoms with Crippen molar-refractivity contribution in [2.45, 2.75) is 13.0 Å². The van der Waals surface area contributed by atoms with Gasteiger partial charge in [0.15, 0.2) is 5.96 Å². The molecule has 0 unspecified atom stereocenters. The highest BCUT2D eigenvalue weighted by molar-refractivity contribution is 14.0. The maximum absolute atomic E-state index is 4.42. The van der Waals surface area contributed by atoms with Gasteiger partial charge >= 0.3 is 0 Å². The molecule has 3 aromatic rings. The van der Waals surface area contributed by atoms with Crippen molar-refractivity contribution >= 4 is 29.9 Å². The van der Waals surface area contributed by atoms with Crippen molar-refractivity contribution in [2.24, 2.45) is 4.99 Å². The van der Waals surface area contributed by atoms with Gasteiger partial charge < -0.3 is 10.6 Å². The van der Waals surface area contributed by atoms with Crippen LogP contribution in [0.4, 0.5) is 0 Å². The molecule has 0 bridgehead atoms. The number of rotatable bonds is 6. The average Bonchev–Trinajstić information content (AvgIpc) is 3.15. The molecular weight excluding hydrogens is 439 g/mol. The number of aliphatic imine (C=N–C) groups is 1. The molecule has 1 aromatic carbocycles. The number of nitrogens with one attached hydrogen (secondary N) is 2. The Labute approximate surface area is 170 Å². The number of hydrogen-bond donors (Lipinski definition) is 2. The Hall–Kier alpha value is -2.42. The zero-order valence-electron chi connectivity index (χ0n) is 14.7. The summed E-state index contributed by atoms with van der Waals surface area (Å²) in [6, 6.07) is 16.0. The Morgan fingerprint density at radius 2 is 1.88 bits per heavy atom. The molecule has 0 saturated carbocycles. The summed E-state index contributed by atoms with van der Waals surface area (Å²) in [5, 5.41) is 11.0. The van der Waals surface area contributed by atoms with Gasteiger partial charge in [-0.3, -0.25) is 9.98 Å². The molecule has 0 fully saturated rings. The fourth-order valence-electron chi connectivity index (χ4n) is 2.43. The van der Waals surface area contributed by atoms with Gasteiger partial charge in [0.25, 0.3) is 0 Å². The van der Waals surface area contributed by atoms with Crippen LogP contribution in [0, 0.1) is 0 Å². The van der Waals surface area contributed by atoms with Crippen molar-refractivity contribution < 1.29 is 0 Å². The van der Waals surface area contributed by atoms with Crippen LogP contribution >= 0.6 is 24.0 Å². The number of halogens is 1. The second-order valence-electron chi connectivity index (χ2n) is 5.55. The molecule has 0 aliphatic carbocycles. The fourth-order valence-corrected chi connectivity index (χ4v) is 2.43. The van der Waals surface area contributed by atoms with Crippen LogP contribution in [0.5, 0.6) is 0 Å². The summed E-state index contributed by atoms with van der Waals surface area (Å²) in [7, 11) is 1.77. The highest BCUT2D eigenvalue weighted by Crippen LogP contribution is 2.07. The van der Waals surface area contributed by atoms with Crippen LogP contribution < -0.4 is 10.6 Å². The van der Waals surface area contributed by atoms with Gasteiger partial charge in [0, 0.05) is 26.0 Å². The van der Waals surface area contributed by atoms with E-state index in [9.17, 15) is 0 Å². The summed E-state index contributed by atoms with van der Waals surface area (Å²) >= 11 is 0. The first-order valence-corrected chi connectivity index (χ1v) is 8.28. The molecule has 0 spiro atoms. The molecule has 6 nitrogen and oxygen atoms in total. The van der Waals surface area contributed by atoms with E-state index in [4.69, 9.17) is 0 Å². The zero-order valence-corrected chi connectivity index (χ0v) is 17.0. The third-order valence-electron chi connectivity index (χ3n) is 3.75. The minimum atomic E-state index is 0. The fraction of sp³-hybridized carbons (Fsp3) is 0.211. The summed E-state index contributed by atoms with van der Waals surface area (Å²) in [6.45, 7) is 1.43. The van der Waals surface area contributed by atoms with E-state index in [1.807, 2.05) is 59.4 Å². The summed E-state index contributed by atoms with van der Waals surface area (Å²) in [4.78, 5) is 8.52. The first kappa shape index (κ1) is 19.9. The van der Waals surface area contributed by atoms with Gasteiger partial charge in [-0.15, -0.1) is 24.0 Å². The SMILES string of the molecule is CN=C(NCCc1cnn(-c2ccccc2)c1)NCc1ccccn1.I. The van der Waals surface area contributed by atoms with Gasteiger partial charge in [0.1, 0.15) is 0 Å². The van der Waals surface area contributed by atoms with Crippen LogP contribution in [0.15, 0.2) is 72.1 Å². The number of guanidine groups is 1. The number of pyridine rings is 1. The van der Waals surface area contributed by atoms with Crippen molar-refractivity contribution in [2.75, 3.05) is 13.6 Å². The standard InChI is InChI=1S/C19H22N6.HI/c1-20-19(23-14-17-7-5-6-11-21-17)22-12-10-16-13-24-25(15-16)18-8-3-2-4-9-18;/h2-9,11,13,15H,10,12,14H2,1H3,(H2,20,22,23);1H. The van der Waals surface area contributed by atoms with Crippen LogP contribution in [0.1, 0.15) is 11.3 Å². The molecule has 0 atom stereocenters. The van der Waals surface area contributed by atoms with Crippen molar-refractivity contribution in [3.8, 4) is 5.69 Å². The van der Waals surface area contributed by atoms with Gasteiger partial charge in [-0.2, -0.15) is 5.10 Å². The first-order chi connectivity index (χ1) is 12.3. The summed E-state index contributed by atoms with van der Waals surface area (Å²) in [6.07, 6.45) is 6.62. The van der Waals surface area contributed by atoms with E-state index in [1.165, 1.54) is 5.56 Å². The van der Waals surface area contributed by atoms with Gasteiger partial charge in [-0.1, -0.05) is 24.3 Å². The van der Waals surface area contributed by atoms with Crippen LogP contribution in [0.25, 0.3) is 5.69 Å². The second-order valence-corrected chi connectivity index (χ2v) is 5.55. The summed E-state index contributed by atoms with van der Waals surface area (Å²) in [5.41, 5.74) is 3.22. The third-order valence-corrected chi connectivity index (χ3v) is 3.75. The molecule has 136 valence electrons. The maximum Gasteiger partial charge on any atom is 0.191 e. The van der Waals surface area contributed by atoms with Crippen LogP contribution in [0.3, 0.4) is 0 Å². The van der Waals surface area contributed by atoms with E-state index >= 15 is 0 Å². The van der Waals surface area contributed by atoms with Crippen molar-refractivity contribution in [1.29, 1.82) is 0 Å². The van der Waals surface area contributed by atoms with E-state index in [0.717, 1.165) is 30.3 Å². The lowest BCUT2D eigenvalue weighted by molar-refractivity contribution is 0.783. The number of nitrogens with zero attached hydrogens (tertiary/aromatic N) is 4. The molecule has 0 radical (unpaired) electrons. The van der Waals surface area contributed by atoms with Crippen molar-refractivity contribution in [3.05, 3.63) is 78.4 Å². The minimum Gasteiger partial charge on any atom is -0.356 e. The van der Waals surface area contributed by atoms with Crippen LogP contribution in [-0.4, -0.2) is 34.3 Å². The monoisotopic (exact) mass is 462 g/mol. The minimum absolute atomic E-state index is 0. The highest BCUT2D eigenvalue weighted by atomic mass is 127. The summed E-state index contributed by atoms with van der Waals surface area (Å²) in [5.74, 6) is 0.765. The van der Waals surface area contributed by atoms with Crippen LogP contribution in [-0.2, 0) is 13.0 Å². The first-order valence-electron chi connectivity index (χ1n) is 8.28. The lowest BCUT2D eigenvalue weighted by atomic mass is 10.2. The lowest BCUT2D eigenvalue weighted by Gasteiger charge is -2.11. The van der Waals surface area contributed by atoms with Gasteiger partial charge in [-0.25, -0.2) is 4.68 Å². The molecule has 0 amide bonds. The number of aromatic nitrogens is 3. The predicted molar refractivity (Wildman–Crippen MR) is 115 cm³/mol. The molecule has 0 saturated heterocycles. The average molecular weight is 462 g/mol. The molecule has 7 heteroatoms. The second kappa shape index (κ2) is 10.5. The molecule has 26 heavy (non-hydrogen) atoms. The molecule has 0 aliphatic rings. The summed E-state index contributed by atoms with van der Waals surface area (Å²) < 4.78 is 1.89. The molecule has 2 aromatic heterocycles. The van der Waals surface area contributed by atoms with E-state index in [1.54, 1.807) is 13.2 Å². The predicted octanol–water partition coefficient (Wildman–Crippen LogP) is 2.79. The third kappa shape index (κ3) is 5.83. The Balaban J connectivity index is 0.00000243. The Kier molecular flexibility index (Phi) is 8.07. The van der Waals surface area contributed by atoms with Gasteiger partial charge in [-0.05, 0) is 36.2 Å². The molecule has 2 heterocycles. The van der Waals surface area contributed by atoms with E-state index in [-0.39, 0.29) is 24.0 Å². The number of hydrogen-bond acceptors (Lipinski definition) is 3. The Morgan fingerprint density at radius 1 is 1.08 bits per heavy atom. The zero-order chi connectivity index (χ0) is 17.3. The van der Waals surface area contributed by atoms with Crippen molar-refractivity contribution in [3.63, 3.8) is 0 Å². The van der Waals surface area contributed by atoms with E-state index in [2.05, 4.69) is 31.9 Å². The number of para-hydroxylation sites is 1. The molecule has 3 rings (SSSR count). The smallest absolute Gasteiger partial charge is 0.191 e. The van der Waals surface area contributed by atoms with Gasteiger partial charge in [0.05, 0.1) is 24.1 Å². The van der Waals surface area contributed by atoms with Crippen molar-refractivity contribution in [1.82, 2.24) is 25.4 Å². The highest BCUT2D eigenvalue weighted by Gasteiger charge is 2.02. The lowest BCUT2D eigenvalue weighted by Crippen LogP contribution is -2.38.